The summed E-state index contributed by atoms with van der Waals surface area (Å²) in [5.74, 6) is -0.433. The van der Waals surface area contributed by atoms with E-state index in [1.165, 1.54) is 0 Å². The van der Waals surface area contributed by atoms with Gasteiger partial charge in [-0.25, -0.2) is 4.98 Å². The van der Waals surface area contributed by atoms with Crippen LogP contribution in [0, 0.1) is 5.92 Å². The lowest BCUT2D eigenvalue weighted by atomic mass is 10.0. The van der Waals surface area contributed by atoms with Crippen molar-refractivity contribution in [1.29, 1.82) is 0 Å². The number of carboxylic acid groups (broad SMARTS) is 1. The quantitative estimate of drug-likeness (QED) is 0.396. The fourth-order valence-corrected chi connectivity index (χ4v) is 4.78. The highest BCUT2D eigenvalue weighted by atomic mass is 35.5. The van der Waals surface area contributed by atoms with Gasteiger partial charge in [0.05, 0.1) is 15.7 Å². The van der Waals surface area contributed by atoms with E-state index < -0.39 is 5.97 Å². The molecule has 0 saturated heterocycles. The van der Waals surface area contributed by atoms with Gasteiger partial charge in [0.15, 0.2) is 5.13 Å². The lowest BCUT2D eigenvalue weighted by molar-refractivity contribution is -0.135. The van der Waals surface area contributed by atoms with E-state index in [1.807, 2.05) is 47.4 Å². The van der Waals surface area contributed by atoms with Gasteiger partial charge in [0.1, 0.15) is 6.54 Å². The highest BCUT2D eigenvalue weighted by Gasteiger charge is 2.20. The molecule has 0 radical (unpaired) electrons. The molecule has 0 atom stereocenters. The minimum atomic E-state index is -0.875. The third kappa shape index (κ3) is 5.97. The molecule has 3 rings (SSSR count). The third-order valence-corrected chi connectivity index (χ3v) is 6.46. The molecule has 0 aliphatic carbocycles. The minimum absolute atomic E-state index is 0.0950. The molecule has 4 nitrogen and oxygen atoms in total. The van der Waals surface area contributed by atoms with Gasteiger partial charge in [-0.05, 0) is 36.5 Å². The topological polar surface area (TPSA) is 53.4 Å². The van der Waals surface area contributed by atoms with Crippen molar-refractivity contribution in [2.24, 2.45) is 5.92 Å². The van der Waals surface area contributed by atoms with Crippen LogP contribution in [0.25, 0.3) is 11.3 Å². The summed E-state index contributed by atoms with van der Waals surface area (Å²) in [6, 6.07) is 15.5. The summed E-state index contributed by atoms with van der Waals surface area (Å²) in [5.41, 5.74) is 2.90. The van der Waals surface area contributed by atoms with E-state index in [4.69, 9.17) is 28.2 Å². The van der Waals surface area contributed by atoms with Crippen molar-refractivity contribution < 1.29 is 9.90 Å². The first kappa shape index (κ1) is 22.6. The summed E-state index contributed by atoms with van der Waals surface area (Å²) in [7, 11) is 0. The van der Waals surface area contributed by atoms with Crippen LogP contribution >= 0.6 is 34.5 Å². The molecule has 0 amide bonds. The Labute approximate surface area is 191 Å². The summed E-state index contributed by atoms with van der Waals surface area (Å²) in [6.07, 6.45) is 1.60. The van der Waals surface area contributed by atoms with Crippen molar-refractivity contribution in [2.75, 3.05) is 18.0 Å². The number of aliphatic carboxylic acids is 1. The molecular weight excluding hydrogens is 439 g/mol. The zero-order chi connectivity index (χ0) is 21.7. The molecular formula is C23H24Cl2N2O2S. The van der Waals surface area contributed by atoms with Crippen molar-refractivity contribution in [3.63, 3.8) is 0 Å². The van der Waals surface area contributed by atoms with E-state index in [-0.39, 0.29) is 6.54 Å². The van der Waals surface area contributed by atoms with Gasteiger partial charge in [0, 0.05) is 17.0 Å². The molecule has 2 aromatic carbocycles. The lowest BCUT2D eigenvalue weighted by Crippen LogP contribution is -2.31. The second-order valence-electron chi connectivity index (χ2n) is 7.55. The number of rotatable bonds is 9. The molecule has 0 aliphatic heterocycles. The van der Waals surface area contributed by atoms with Crippen molar-refractivity contribution in [1.82, 2.24) is 4.98 Å². The number of anilines is 1. The molecule has 158 valence electrons. The second kappa shape index (κ2) is 10.3. The first-order chi connectivity index (χ1) is 14.3. The van der Waals surface area contributed by atoms with Gasteiger partial charge in [-0.1, -0.05) is 73.4 Å². The fraction of sp³-hybridized carbons (Fsp3) is 0.304. The number of nitrogens with zero attached hydrogens (tertiary/aromatic N) is 2. The first-order valence-corrected chi connectivity index (χ1v) is 11.4. The van der Waals surface area contributed by atoms with Crippen LogP contribution in [0.4, 0.5) is 5.13 Å². The molecule has 3 aromatic rings. The number of halogens is 2. The number of hydrogen-bond acceptors (Lipinski definition) is 4. The zero-order valence-corrected chi connectivity index (χ0v) is 19.3. The summed E-state index contributed by atoms with van der Waals surface area (Å²) in [5, 5.41) is 11.1. The Morgan fingerprint density at radius 2 is 1.87 bits per heavy atom. The molecule has 0 fully saturated rings. The van der Waals surface area contributed by atoms with Gasteiger partial charge >= 0.3 is 5.97 Å². The van der Waals surface area contributed by atoms with Crippen LogP contribution in [0.15, 0.2) is 48.5 Å². The first-order valence-electron chi connectivity index (χ1n) is 9.79. The number of hydrogen-bond donors (Lipinski definition) is 1. The largest absolute Gasteiger partial charge is 0.480 e. The molecule has 0 saturated carbocycles. The van der Waals surface area contributed by atoms with E-state index >= 15 is 0 Å². The Morgan fingerprint density at radius 3 is 2.50 bits per heavy atom. The maximum Gasteiger partial charge on any atom is 0.323 e. The van der Waals surface area contributed by atoms with Gasteiger partial charge in [-0.15, -0.1) is 11.3 Å². The predicted octanol–water partition coefficient (Wildman–Crippen LogP) is 6.45. The average Bonchev–Trinajstić information content (AvgIpc) is 3.10. The standard InChI is InChI=1S/C23H24Cl2N2O2S/c1-15(2)12-20-22(17-8-9-18(24)19(25)13-17)26-23(30-20)27(14-21(28)29)11-10-16-6-4-3-5-7-16/h3-9,13,15H,10-12,14H2,1-2H3,(H,28,29). The van der Waals surface area contributed by atoms with Crippen LogP contribution in [0.2, 0.25) is 10.0 Å². The smallest absolute Gasteiger partial charge is 0.323 e. The SMILES string of the molecule is CC(C)Cc1sc(N(CCc2ccccc2)CC(=O)O)nc1-c1ccc(Cl)c(Cl)c1. The van der Waals surface area contributed by atoms with Crippen LogP contribution in [0.1, 0.15) is 24.3 Å². The van der Waals surface area contributed by atoms with Gasteiger partial charge in [0.2, 0.25) is 0 Å². The van der Waals surface area contributed by atoms with Crippen LogP contribution in [-0.2, 0) is 17.6 Å². The van der Waals surface area contributed by atoms with Gasteiger partial charge in [0.25, 0.3) is 0 Å². The van der Waals surface area contributed by atoms with Crippen molar-refractivity contribution in [3.05, 3.63) is 69.0 Å². The summed E-state index contributed by atoms with van der Waals surface area (Å²) >= 11 is 13.9. The summed E-state index contributed by atoms with van der Waals surface area (Å²) < 4.78 is 0. The minimum Gasteiger partial charge on any atom is -0.480 e. The number of carbonyl (C=O) groups is 1. The Balaban J connectivity index is 1.94. The number of aromatic nitrogens is 1. The van der Waals surface area contributed by atoms with E-state index in [0.29, 0.717) is 27.6 Å². The number of benzene rings is 2. The van der Waals surface area contributed by atoms with E-state index in [2.05, 4.69) is 13.8 Å². The predicted molar refractivity (Wildman–Crippen MR) is 126 cm³/mol. The Bertz CT molecular complexity index is 1010. The highest BCUT2D eigenvalue weighted by Crippen LogP contribution is 2.37. The molecule has 30 heavy (non-hydrogen) atoms. The van der Waals surface area contributed by atoms with Gasteiger partial charge in [-0.2, -0.15) is 0 Å². The summed E-state index contributed by atoms with van der Waals surface area (Å²) in [6.45, 7) is 4.79. The maximum atomic E-state index is 11.5. The molecule has 1 heterocycles. The average molecular weight is 463 g/mol. The van der Waals surface area contributed by atoms with Crippen molar-refractivity contribution in [3.8, 4) is 11.3 Å². The molecule has 0 spiro atoms. The monoisotopic (exact) mass is 462 g/mol. The Kier molecular flexibility index (Phi) is 7.75. The normalized spacial score (nSPS) is 11.1. The molecule has 7 heteroatoms. The number of carboxylic acids is 1. The molecule has 0 aliphatic rings. The molecule has 1 aromatic heterocycles. The van der Waals surface area contributed by atoms with Gasteiger partial charge < -0.3 is 10.0 Å². The molecule has 1 N–H and O–H groups in total. The molecule has 0 unspecified atom stereocenters. The van der Waals surface area contributed by atoms with E-state index in [1.54, 1.807) is 17.4 Å². The summed E-state index contributed by atoms with van der Waals surface area (Å²) in [4.78, 5) is 19.3. The maximum absolute atomic E-state index is 11.5. The number of thiazole rings is 1. The Morgan fingerprint density at radius 1 is 1.13 bits per heavy atom. The van der Waals surface area contributed by atoms with Crippen molar-refractivity contribution in [2.45, 2.75) is 26.7 Å². The van der Waals surface area contributed by atoms with E-state index in [9.17, 15) is 9.90 Å². The van der Waals surface area contributed by atoms with Gasteiger partial charge in [-0.3, -0.25) is 4.79 Å². The second-order valence-corrected chi connectivity index (χ2v) is 9.42. The van der Waals surface area contributed by atoms with Crippen molar-refractivity contribution >= 4 is 45.6 Å². The van der Waals surface area contributed by atoms with Crippen LogP contribution in [0.5, 0.6) is 0 Å². The lowest BCUT2D eigenvalue weighted by Gasteiger charge is -2.19. The zero-order valence-electron chi connectivity index (χ0n) is 16.9. The molecule has 0 bridgehead atoms. The van der Waals surface area contributed by atoms with Crippen LogP contribution in [0.3, 0.4) is 0 Å². The van der Waals surface area contributed by atoms with Crippen LogP contribution in [-0.4, -0.2) is 29.1 Å². The third-order valence-electron chi connectivity index (χ3n) is 4.58. The van der Waals surface area contributed by atoms with E-state index in [0.717, 1.165) is 34.5 Å². The van der Waals surface area contributed by atoms with Crippen LogP contribution < -0.4 is 4.90 Å². The Hall–Kier alpha value is -2.08. The fourth-order valence-electron chi connectivity index (χ4n) is 3.17. The highest BCUT2D eigenvalue weighted by molar-refractivity contribution is 7.16.